The fourth-order valence-corrected chi connectivity index (χ4v) is 1.43. The molecule has 13 heavy (non-hydrogen) atoms. The molecule has 0 fully saturated rings. The van der Waals surface area contributed by atoms with Gasteiger partial charge in [-0.2, -0.15) is 0 Å². The number of fused-ring (bicyclic) bond motifs is 1. The van der Waals surface area contributed by atoms with Crippen LogP contribution >= 0.6 is 0 Å². The van der Waals surface area contributed by atoms with Crippen molar-refractivity contribution in [2.75, 3.05) is 19.0 Å². The standard InChI is InChI=1S/C10H13NO2/c1-7-6-11-8-4-3-5-9(12-2)10(8)13-7/h3-5,7,11H,6H2,1-2H3. The first kappa shape index (κ1) is 8.23. The molecule has 1 aromatic carbocycles. The van der Waals surface area contributed by atoms with E-state index >= 15 is 0 Å². The van der Waals surface area contributed by atoms with E-state index in [1.165, 1.54) is 0 Å². The van der Waals surface area contributed by atoms with Crippen LogP contribution in [0.1, 0.15) is 6.92 Å². The van der Waals surface area contributed by atoms with Gasteiger partial charge in [-0.05, 0) is 19.1 Å². The highest BCUT2D eigenvalue weighted by Crippen LogP contribution is 2.37. The molecule has 3 nitrogen and oxygen atoms in total. The van der Waals surface area contributed by atoms with Crippen LogP contribution in [0.4, 0.5) is 5.69 Å². The Bertz CT molecular complexity index is 298. The molecule has 0 aliphatic carbocycles. The Morgan fingerprint density at radius 3 is 3.15 bits per heavy atom. The number of methoxy groups -OCH3 is 1. The molecule has 3 heteroatoms. The Morgan fingerprint density at radius 2 is 2.38 bits per heavy atom. The highest BCUT2D eigenvalue weighted by molar-refractivity contribution is 5.64. The molecule has 1 aliphatic heterocycles. The monoisotopic (exact) mass is 179 g/mol. The van der Waals surface area contributed by atoms with Crippen LogP contribution in [0.15, 0.2) is 18.2 Å². The Kier molecular flexibility index (Phi) is 2.00. The fourth-order valence-electron chi connectivity index (χ4n) is 1.43. The van der Waals surface area contributed by atoms with E-state index in [4.69, 9.17) is 9.47 Å². The summed E-state index contributed by atoms with van der Waals surface area (Å²) in [5, 5.41) is 3.28. The molecule has 0 bridgehead atoms. The van der Waals surface area contributed by atoms with E-state index in [1.807, 2.05) is 25.1 Å². The van der Waals surface area contributed by atoms with Crippen LogP contribution in [0.3, 0.4) is 0 Å². The highest BCUT2D eigenvalue weighted by atomic mass is 16.5. The predicted octanol–water partition coefficient (Wildman–Crippen LogP) is 1.89. The number of para-hydroxylation sites is 1. The molecule has 0 radical (unpaired) electrons. The lowest BCUT2D eigenvalue weighted by atomic mass is 10.2. The molecular formula is C10H13NO2. The highest BCUT2D eigenvalue weighted by Gasteiger charge is 2.18. The van der Waals surface area contributed by atoms with Crippen molar-refractivity contribution in [3.8, 4) is 11.5 Å². The molecule has 2 rings (SSSR count). The lowest BCUT2D eigenvalue weighted by Gasteiger charge is -2.25. The maximum absolute atomic E-state index is 5.67. The SMILES string of the molecule is COc1cccc2c1OC(C)CN2. The van der Waals surface area contributed by atoms with Gasteiger partial charge in [0.2, 0.25) is 0 Å². The Hall–Kier alpha value is -1.38. The molecule has 1 aliphatic rings. The van der Waals surface area contributed by atoms with Gasteiger partial charge in [-0.25, -0.2) is 0 Å². The zero-order valence-corrected chi connectivity index (χ0v) is 7.83. The van der Waals surface area contributed by atoms with Crippen LogP contribution in [0.2, 0.25) is 0 Å². The van der Waals surface area contributed by atoms with E-state index in [0.29, 0.717) is 0 Å². The maximum atomic E-state index is 5.67. The molecule has 0 aromatic heterocycles. The summed E-state index contributed by atoms with van der Waals surface area (Å²) in [7, 11) is 1.65. The molecule has 1 atom stereocenters. The Labute approximate surface area is 77.7 Å². The zero-order valence-electron chi connectivity index (χ0n) is 7.83. The van der Waals surface area contributed by atoms with Crippen LogP contribution in [0.5, 0.6) is 11.5 Å². The summed E-state index contributed by atoms with van der Waals surface area (Å²) in [4.78, 5) is 0. The Balaban J connectivity index is 2.41. The van der Waals surface area contributed by atoms with E-state index in [0.717, 1.165) is 23.7 Å². The van der Waals surface area contributed by atoms with Gasteiger partial charge >= 0.3 is 0 Å². The lowest BCUT2D eigenvalue weighted by molar-refractivity contribution is 0.215. The normalized spacial score (nSPS) is 19.7. The topological polar surface area (TPSA) is 30.5 Å². The van der Waals surface area contributed by atoms with Gasteiger partial charge in [0.05, 0.1) is 19.3 Å². The minimum atomic E-state index is 0.198. The van der Waals surface area contributed by atoms with E-state index in [1.54, 1.807) is 7.11 Å². The van der Waals surface area contributed by atoms with Crippen molar-refractivity contribution in [3.63, 3.8) is 0 Å². The minimum absolute atomic E-state index is 0.198. The van der Waals surface area contributed by atoms with Crippen molar-refractivity contribution in [1.29, 1.82) is 0 Å². The Morgan fingerprint density at radius 1 is 1.54 bits per heavy atom. The van der Waals surface area contributed by atoms with Gasteiger partial charge in [-0.1, -0.05) is 6.07 Å². The summed E-state index contributed by atoms with van der Waals surface area (Å²) in [6, 6.07) is 5.84. The predicted molar refractivity (Wildman–Crippen MR) is 51.6 cm³/mol. The van der Waals surface area contributed by atoms with E-state index in [2.05, 4.69) is 5.32 Å². The number of rotatable bonds is 1. The van der Waals surface area contributed by atoms with E-state index in [9.17, 15) is 0 Å². The van der Waals surface area contributed by atoms with Gasteiger partial charge in [0.1, 0.15) is 6.10 Å². The first-order valence-corrected chi connectivity index (χ1v) is 4.39. The second kappa shape index (κ2) is 3.17. The molecule has 1 N–H and O–H groups in total. The number of hydrogen-bond donors (Lipinski definition) is 1. The molecule has 0 spiro atoms. The second-order valence-electron chi connectivity index (χ2n) is 3.15. The zero-order chi connectivity index (χ0) is 9.26. The van der Waals surface area contributed by atoms with Crippen molar-refractivity contribution < 1.29 is 9.47 Å². The molecule has 70 valence electrons. The van der Waals surface area contributed by atoms with Gasteiger partial charge in [-0.3, -0.25) is 0 Å². The third-order valence-electron chi connectivity index (χ3n) is 2.10. The van der Waals surface area contributed by atoms with Gasteiger partial charge in [0.25, 0.3) is 0 Å². The molecule has 0 saturated heterocycles. The van der Waals surface area contributed by atoms with Gasteiger partial charge in [0, 0.05) is 0 Å². The number of hydrogen-bond acceptors (Lipinski definition) is 3. The second-order valence-corrected chi connectivity index (χ2v) is 3.15. The molecule has 1 aromatic rings. The minimum Gasteiger partial charge on any atom is -0.493 e. The fraction of sp³-hybridized carbons (Fsp3) is 0.400. The number of nitrogens with one attached hydrogen (secondary N) is 1. The third kappa shape index (κ3) is 1.41. The average Bonchev–Trinajstić information content (AvgIpc) is 2.17. The van der Waals surface area contributed by atoms with Crippen LogP contribution in [0, 0.1) is 0 Å². The first-order chi connectivity index (χ1) is 6.31. The van der Waals surface area contributed by atoms with Gasteiger partial charge in [0.15, 0.2) is 11.5 Å². The molecule has 1 unspecified atom stereocenters. The molecule has 0 saturated carbocycles. The van der Waals surface area contributed by atoms with Crippen molar-refractivity contribution in [2.24, 2.45) is 0 Å². The third-order valence-corrected chi connectivity index (χ3v) is 2.10. The van der Waals surface area contributed by atoms with Gasteiger partial charge in [-0.15, -0.1) is 0 Å². The number of ether oxygens (including phenoxy) is 2. The maximum Gasteiger partial charge on any atom is 0.184 e. The quantitative estimate of drug-likeness (QED) is 0.714. The van der Waals surface area contributed by atoms with E-state index < -0.39 is 0 Å². The van der Waals surface area contributed by atoms with Crippen LogP contribution < -0.4 is 14.8 Å². The van der Waals surface area contributed by atoms with Crippen LogP contribution in [-0.4, -0.2) is 19.8 Å². The van der Waals surface area contributed by atoms with Crippen molar-refractivity contribution >= 4 is 5.69 Å². The summed E-state index contributed by atoms with van der Waals surface area (Å²) in [6.07, 6.45) is 0.198. The van der Waals surface area contributed by atoms with Crippen molar-refractivity contribution in [3.05, 3.63) is 18.2 Å². The smallest absolute Gasteiger partial charge is 0.184 e. The lowest BCUT2D eigenvalue weighted by Crippen LogP contribution is -2.27. The summed E-state index contributed by atoms with van der Waals surface area (Å²) in [6.45, 7) is 2.88. The van der Waals surface area contributed by atoms with E-state index in [-0.39, 0.29) is 6.10 Å². The summed E-state index contributed by atoms with van der Waals surface area (Å²) >= 11 is 0. The average molecular weight is 179 g/mol. The number of anilines is 1. The summed E-state index contributed by atoms with van der Waals surface area (Å²) in [5.74, 6) is 1.61. The molecule has 0 amide bonds. The molecule has 1 heterocycles. The van der Waals surface area contributed by atoms with Crippen molar-refractivity contribution in [1.82, 2.24) is 0 Å². The van der Waals surface area contributed by atoms with Crippen LogP contribution in [0.25, 0.3) is 0 Å². The summed E-state index contributed by atoms with van der Waals surface area (Å²) in [5.41, 5.74) is 1.01. The first-order valence-electron chi connectivity index (χ1n) is 4.39. The van der Waals surface area contributed by atoms with Crippen molar-refractivity contribution in [2.45, 2.75) is 13.0 Å². The van der Waals surface area contributed by atoms with Gasteiger partial charge < -0.3 is 14.8 Å². The number of benzene rings is 1. The molecular weight excluding hydrogens is 166 g/mol. The summed E-state index contributed by atoms with van der Waals surface area (Å²) < 4.78 is 10.9. The van der Waals surface area contributed by atoms with Crippen LogP contribution in [-0.2, 0) is 0 Å². The largest absolute Gasteiger partial charge is 0.493 e.